The molecule has 3 aliphatic rings. The monoisotopic (exact) mass is 353 g/mol. The first-order valence-electron chi connectivity index (χ1n) is 9.36. The molecule has 2 unspecified atom stereocenters. The van der Waals surface area contributed by atoms with Crippen LogP contribution in [0.5, 0.6) is 0 Å². The number of nitrogen functional groups attached to an aromatic ring is 1. The summed E-state index contributed by atoms with van der Waals surface area (Å²) in [5.74, 6) is 0.159. The third-order valence-corrected chi connectivity index (χ3v) is 6.35. The number of nitrogens with one attached hydrogen (secondary N) is 1. The van der Waals surface area contributed by atoms with Crippen LogP contribution in [0, 0.1) is 12.7 Å². The summed E-state index contributed by atoms with van der Waals surface area (Å²) < 4.78 is 19.8. The molecule has 5 heteroatoms. The average molecular weight is 353 g/mol. The highest BCUT2D eigenvalue weighted by Gasteiger charge is 2.54. The molecule has 136 valence electrons. The summed E-state index contributed by atoms with van der Waals surface area (Å²) in [6.07, 6.45) is 0.983. The lowest BCUT2D eigenvalue weighted by molar-refractivity contribution is 0.126. The Bertz CT molecular complexity index is 884. The van der Waals surface area contributed by atoms with Crippen molar-refractivity contribution in [2.75, 3.05) is 36.9 Å². The van der Waals surface area contributed by atoms with E-state index in [2.05, 4.69) is 16.3 Å². The Hall–Kier alpha value is -2.11. The van der Waals surface area contributed by atoms with Gasteiger partial charge < -0.3 is 20.7 Å². The van der Waals surface area contributed by atoms with Gasteiger partial charge in [-0.1, -0.05) is 12.1 Å². The largest absolute Gasteiger partial charge is 0.399 e. The second kappa shape index (κ2) is 5.69. The summed E-state index contributed by atoms with van der Waals surface area (Å²) >= 11 is 0. The maximum absolute atomic E-state index is 14.0. The lowest BCUT2D eigenvalue weighted by Gasteiger charge is -2.47. The third-order valence-electron chi connectivity index (χ3n) is 6.35. The molecular weight excluding hydrogens is 329 g/mol. The Labute approximate surface area is 153 Å². The van der Waals surface area contributed by atoms with Crippen LogP contribution in [0.15, 0.2) is 30.3 Å². The van der Waals surface area contributed by atoms with Crippen LogP contribution >= 0.6 is 0 Å². The molecule has 4 nitrogen and oxygen atoms in total. The number of nitrogens with two attached hydrogens (primary N) is 1. The zero-order valence-corrected chi connectivity index (χ0v) is 15.0. The number of ether oxygens (including phenoxy) is 1. The third kappa shape index (κ3) is 2.07. The Morgan fingerprint density at radius 3 is 3.04 bits per heavy atom. The Morgan fingerprint density at radius 2 is 2.19 bits per heavy atom. The number of hydrogen-bond donors (Lipinski definition) is 2. The molecule has 1 fully saturated rings. The number of aryl methyl sites for hydroxylation is 1. The number of anilines is 2. The average Bonchev–Trinajstić information content (AvgIpc) is 2.76. The summed E-state index contributed by atoms with van der Waals surface area (Å²) in [6.45, 7) is 5.84. The first kappa shape index (κ1) is 16.1. The molecule has 5 rings (SSSR count). The van der Waals surface area contributed by atoms with E-state index in [9.17, 15) is 4.39 Å². The van der Waals surface area contributed by atoms with E-state index in [4.69, 9.17) is 10.5 Å². The van der Waals surface area contributed by atoms with Crippen molar-refractivity contribution in [3.63, 3.8) is 0 Å². The molecule has 0 spiro atoms. The van der Waals surface area contributed by atoms with Crippen LogP contribution in [0.4, 0.5) is 15.8 Å². The number of halogens is 1. The maximum Gasteiger partial charge on any atom is 0.126 e. The van der Waals surface area contributed by atoms with Gasteiger partial charge in [-0.05, 0) is 54.8 Å². The number of rotatable bonds is 1. The van der Waals surface area contributed by atoms with Crippen molar-refractivity contribution in [1.29, 1.82) is 0 Å². The fraction of sp³-hybridized carbons (Fsp3) is 0.429. The van der Waals surface area contributed by atoms with E-state index in [1.165, 1.54) is 22.4 Å². The summed E-state index contributed by atoms with van der Waals surface area (Å²) in [6, 6.07) is 9.80. The Kier molecular flexibility index (Phi) is 3.52. The first-order valence-corrected chi connectivity index (χ1v) is 9.36. The Morgan fingerprint density at radius 1 is 1.31 bits per heavy atom. The van der Waals surface area contributed by atoms with Crippen molar-refractivity contribution >= 4 is 11.4 Å². The van der Waals surface area contributed by atoms with Crippen LogP contribution in [-0.4, -0.2) is 26.2 Å². The summed E-state index contributed by atoms with van der Waals surface area (Å²) in [7, 11) is 0. The molecule has 1 saturated heterocycles. The van der Waals surface area contributed by atoms with E-state index < -0.39 is 0 Å². The summed E-state index contributed by atoms with van der Waals surface area (Å²) in [4.78, 5) is 2.53. The van der Waals surface area contributed by atoms with E-state index in [1.807, 2.05) is 25.1 Å². The first-order chi connectivity index (χ1) is 12.6. The fourth-order valence-corrected chi connectivity index (χ4v) is 5.27. The lowest BCUT2D eigenvalue weighted by Crippen LogP contribution is -2.54. The quantitative estimate of drug-likeness (QED) is 0.774. The zero-order valence-electron chi connectivity index (χ0n) is 15.0. The topological polar surface area (TPSA) is 50.5 Å². The van der Waals surface area contributed by atoms with E-state index in [1.54, 1.807) is 6.07 Å². The number of benzene rings is 2. The van der Waals surface area contributed by atoms with Crippen LogP contribution < -0.4 is 16.0 Å². The Balaban J connectivity index is 1.77. The molecule has 0 radical (unpaired) electrons. The van der Waals surface area contributed by atoms with E-state index in [0.29, 0.717) is 24.7 Å². The van der Waals surface area contributed by atoms with Crippen molar-refractivity contribution in [1.82, 2.24) is 5.32 Å². The van der Waals surface area contributed by atoms with Crippen molar-refractivity contribution in [2.45, 2.75) is 31.4 Å². The van der Waals surface area contributed by atoms with Crippen molar-refractivity contribution in [2.24, 2.45) is 0 Å². The standard InChI is InChI=1S/C21H24FN3O/c1-13-8-15(2-3-19(13)22)21-4-5-24-11-18(21)17-10-16(23)9-14-12-26-7-6-25(21)20(14)17/h2-3,8-10,18,24H,4-7,11-12,23H2,1H3. The van der Waals surface area contributed by atoms with Gasteiger partial charge in [0, 0.05) is 35.9 Å². The zero-order chi connectivity index (χ0) is 17.9. The lowest BCUT2D eigenvalue weighted by atomic mass is 9.72. The van der Waals surface area contributed by atoms with Gasteiger partial charge in [0.1, 0.15) is 5.82 Å². The van der Waals surface area contributed by atoms with Gasteiger partial charge in [0.05, 0.1) is 18.8 Å². The van der Waals surface area contributed by atoms with E-state index >= 15 is 0 Å². The van der Waals surface area contributed by atoms with Crippen molar-refractivity contribution in [3.8, 4) is 0 Å². The molecule has 26 heavy (non-hydrogen) atoms. The molecule has 2 aromatic rings. The molecule has 2 atom stereocenters. The minimum atomic E-state index is -0.164. The normalized spacial score (nSPS) is 27.0. The van der Waals surface area contributed by atoms with Gasteiger partial charge in [-0.3, -0.25) is 0 Å². The van der Waals surface area contributed by atoms with Crippen molar-refractivity contribution < 1.29 is 9.13 Å². The molecular formula is C21H24FN3O. The number of nitrogens with zero attached hydrogens (tertiary/aromatic N) is 1. The van der Waals surface area contributed by atoms with Crippen LogP contribution in [0.25, 0.3) is 0 Å². The molecule has 0 amide bonds. The number of hydrogen-bond acceptors (Lipinski definition) is 4. The van der Waals surface area contributed by atoms with Gasteiger partial charge >= 0.3 is 0 Å². The molecule has 3 N–H and O–H groups in total. The van der Waals surface area contributed by atoms with E-state index in [-0.39, 0.29) is 11.4 Å². The summed E-state index contributed by atoms with van der Waals surface area (Å²) in [5, 5.41) is 3.56. The predicted octanol–water partition coefficient (Wildman–Crippen LogP) is 3.04. The van der Waals surface area contributed by atoms with Crippen LogP contribution in [0.2, 0.25) is 0 Å². The highest BCUT2D eigenvalue weighted by Crippen LogP contribution is 2.58. The minimum Gasteiger partial charge on any atom is -0.399 e. The van der Waals surface area contributed by atoms with Crippen LogP contribution in [-0.2, 0) is 16.9 Å². The summed E-state index contributed by atoms with van der Waals surface area (Å²) in [5.41, 5.74) is 12.5. The molecule has 0 aliphatic carbocycles. The van der Waals surface area contributed by atoms with Gasteiger partial charge in [-0.25, -0.2) is 4.39 Å². The minimum absolute atomic E-state index is 0.143. The molecule has 0 aromatic heterocycles. The highest BCUT2D eigenvalue weighted by molar-refractivity contribution is 5.74. The van der Waals surface area contributed by atoms with Crippen LogP contribution in [0.3, 0.4) is 0 Å². The molecule has 2 aromatic carbocycles. The molecule has 3 aliphatic heterocycles. The van der Waals surface area contributed by atoms with E-state index in [0.717, 1.165) is 31.7 Å². The van der Waals surface area contributed by atoms with Gasteiger partial charge in [0.15, 0.2) is 0 Å². The second-order valence-corrected chi connectivity index (χ2v) is 7.72. The molecule has 0 saturated carbocycles. The SMILES string of the molecule is Cc1cc(C23CCNCC2c2cc(N)cc4c2N3CCOC4)ccc1F. The number of fused-ring (bicyclic) bond motifs is 3. The van der Waals surface area contributed by atoms with Gasteiger partial charge in [-0.2, -0.15) is 0 Å². The van der Waals surface area contributed by atoms with Crippen LogP contribution in [0.1, 0.15) is 34.6 Å². The molecule has 3 heterocycles. The van der Waals surface area contributed by atoms with Gasteiger partial charge in [0.2, 0.25) is 0 Å². The van der Waals surface area contributed by atoms with Gasteiger partial charge in [0.25, 0.3) is 0 Å². The highest BCUT2D eigenvalue weighted by atomic mass is 19.1. The number of piperidine rings is 1. The van der Waals surface area contributed by atoms with Gasteiger partial charge in [-0.15, -0.1) is 0 Å². The van der Waals surface area contributed by atoms with Crippen molar-refractivity contribution in [3.05, 3.63) is 58.4 Å². The molecule has 0 bridgehead atoms. The maximum atomic E-state index is 14.0. The predicted molar refractivity (Wildman–Crippen MR) is 101 cm³/mol. The fourth-order valence-electron chi connectivity index (χ4n) is 5.27. The smallest absolute Gasteiger partial charge is 0.126 e. The second-order valence-electron chi connectivity index (χ2n) is 7.72.